The summed E-state index contributed by atoms with van der Waals surface area (Å²) in [7, 11) is 3.03. The normalized spacial score (nSPS) is 11.1. The van der Waals surface area contributed by atoms with Crippen LogP contribution in [0.25, 0.3) is 0 Å². The summed E-state index contributed by atoms with van der Waals surface area (Å²) >= 11 is 3.43. The SMILES string of the molecule is COC(=O)C(C)(C)Cc1ccc(OC)c(Br)c1. The van der Waals surface area contributed by atoms with Crippen molar-refractivity contribution >= 4 is 21.9 Å². The molecule has 0 aliphatic carbocycles. The van der Waals surface area contributed by atoms with E-state index in [0.717, 1.165) is 15.8 Å². The maximum absolute atomic E-state index is 11.6. The monoisotopic (exact) mass is 300 g/mol. The van der Waals surface area contributed by atoms with Crippen LogP contribution in [0.2, 0.25) is 0 Å². The van der Waals surface area contributed by atoms with Gasteiger partial charge >= 0.3 is 5.97 Å². The van der Waals surface area contributed by atoms with Gasteiger partial charge in [-0.25, -0.2) is 0 Å². The van der Waals surface area contributed by atoms with Crippen molar-refractivity contribution in [2.75, 3.05) is 14.2 Å². The molecule has 0 aromatic heterocycles. The van der Waals surface area contributed by atoms with E-state index in [9.17, 15) is 4.79 Å². The third-order valence-electron chi connectivity index (χ3n) is 2.60. The zero-order valence-corrected chi connectivity index (χ0v) is 12.1. The number of carbonyl (C=O) groups is 1. The summed E-state index contributed by atoms with van der Waals surface area (Å²) < 4.78 is 10.8. The number of carbonyl (C=O) groups excluding carboxylic acids is 1. The van der Waals surface area contributed by atoms with Gasteiger partial charge in [0.15, 0.2) is 0 Å². The van der Waals surface area contributed by atoms with Crippen LogP contribution in [0.3, 0.4) is 0 Å². The first-order valence-electron chi connectivity index (χ1n) is 5.31. The van der Waals surface area contributed by atoms with E-state index in [1.165, 1.54) is 7.11 Å². The van der Waals surface area contributed by atoms with Gasteiger partial charge in [-0.3, -0.25) is 4.79 Å². The predicted molar refractivity (Wildman–Crippen MR) is 70.2 cm³/mol. The fraction of sp³-hybridized carbons (Fsp3) is 0.462. The Bertz CT molecular complexity index is 413. The van der Waals surface area contributed by atoms with Gasteiger partial charge in [-0.05, 0) is 53.9 Å². The molecule has 0 saturated heterocycles. The molecule has 17 heavy (non-hydrogen) atoms. The van der Waals surface area contributed by atoms with Gasteiger partial charge in [0, 0.05) is 0 Å². The Balaban J connectivity index is 2.89. The molecular weight excluding hydrogens is 284 g/mol. The van der Waals surface area contributed by atoms with E-state index in [0.29, 0.717) is 6.42 Å². The highest BCUT2D eigenvalue weighted by Gasteiger charge is 2.29. The van der Waals surface area contributed by atoms with Crippen LogP contribution in [-0.4, -0.2) is 20.2 Å². The van der Waals surface area contributed by atoms with Gasteiger partial charge in [-0.15, -0.1) is 0 Å². The van der Waals surface area contributed by atoms with Crippen LogP contribution in [0.4, 0.5) is 0 Å². The van der Waals surface area contributed by atoms with Gasteiger partial charge in [-0.1, -0.05) is 6.07 Å². The zero-order chi connectivity index (χ0) is 13.1. The Hall–Kier alpha value is -1.03. The van der Waals surface area contributed by atoms with E-state index in [1.807, 2.05) is 32.0 Å². The van der Waals surface area contributed by atoms with Crippen molar-refractivity contribution in [1.82, 2.24) is 0 Å². The molecule has 0 aliphatic heterocycles. The molecule has 0 unspecified atom stereocenters. The van der Waals surface area contributed by atoms with Crippen molar-refractivity contribution in [3.8, 4) is 5.75 Å². The topological polar surface area (TPSA) is 35.5 Å². The number of ether oxygens (including phenoxy) is 2. The molecule has 1 rings (SSSR count). The average Bonchev–Trinajstić information content (AvgIpc) is 2.27. The molecule has 0 saturated carbocycles. The van der Waals surface area contributed by atoms with Gasteiger partial charge in [0.25, 0.3) is 0 Å². The van der Waals surface area contributed by atoms with Crippen molar-refractivity contribution < 1.29 is 14.3 Å². The third kappa shape index (κ3) is 3.46. The van der Waals surface area contributed by atoms with Crippen LogP contribution < -0.4 is 4.74 Å². The van der Waals surface area contributed by atoms with Crippen molar-refractivity contribution in [3.05, 3.63) is 28.2 Å². The lowest BCUT2D eigenvalue weighted by atomic mass is 9.86. The Morgan fingerprint density at radius 3 is 2.47 bits per heavy atom. The Morgan fingerprint density at radius 1 is 1.35 bits per heavy atom. The summed E-state index contributed by atoms with van der Waals surface area (Å²) in [4.78, 5) is 11.6. The van der Waals surface area contributed by atoms with Crippen LogP contribution in [0.1, 0.15) is 19.4 Å². The lowest BCUT2D eigenvalue weighted by Gasteiger charge is -2.21. The molecule has 0 heterocycles. The van der Waals surface area contributed by atoms with Gasteiger partial charge < -0.3 is 9.47 Å². The first kappa shape index (κ1) is 14.0. The maximum atomic E-state index is 11.6. The molecule has 4 heteroatoms. The fourth-order valence-corrected chi connectivity index (χ4v) is 2.27. The molecule has 0 radical (unpaired) electrons. The minimum atomic E-state index is -0.525. The lowest BCUT2D eigenvalue weighted by molar-refractivity contribution is -0.150. The molecule has 0 aliphatic rings. The molecule has 0 spiro atoms. The fourth-order valence-electron chi connectivity index (χ4n) is 1.68. The predicted octanol–water partition coefficient (Wildman–Crippen LogP) is 3.20. The van der Waals surface area contributed by atoms with Gasteiger partial charge in [-0.2, -0.15) is 0 Å². The van der Waals surface area contributed by atoms with E-state index in [1.54, 1.807) is 7.11 Å². The van der Waals surface area contributed by atoms with E-state index in [-0.39, 0.29) is 5.97 Å². The van der Waals surface area contributed by atoms with Gasteiger partial charge in [0.2, 0.25) is 0 Å². The molecule has 3 nitrogen and oxygen atoms in total. The van der Waals surface area contributed by atoms with Crippen LogP contribution in [0.15, 0.2) is 22.7 Å². The van der Waals surface area contributed by atoms with E-state index in [2.05, 4.69) is 15.9 Å². The highest BCUT2D eigenvalue weighted by atomic mass is 79.9. The second-order valence-electron chi connectivity index (χ2n) is 4.52. The Kier molecular flexibility index (Phi) is 4.57. The summed E-state index contributed by atoms with van der Waals surface area (Å²) in [5.41, 5.74) is 0.538. The van der Waals surface area contributed by atoms with Crippen LogP contribution in [0, 0.1) is 5.41 Å². The second-order valence-corrected chi connectivity index (χ2v) is 5.38. The molecular formula is C13H17BrO3. The molecule has 1 aromatic rings. The van der Waals surface area contributed by atoms with Crippen LogP contribution in [-0.2, 0) is 16.0 Å². The number of halogens is 1. The molecule has 0 amide bonds. The quantitative estimate of drug-likeness (QED) is 0.801. The summed E-state index contributed by atoms with van der Waals surface area (Å²) in [6.07, 6.45) is 0.627. The number of hydrogen-bond acceptors (Lipinski definition) is 3. The lowest BCUT2D eigenvalue weighted by Crippen LogP contribution is -2.27. The van der Waals surface area contributed by atoms with Crippen LogP contribution in [0.5, 0.6) is 5.75 Å². The highest BCUT2D eigenvalue weighted by molar-refractivity contribution is 9.10. The molecule has 1 aromatic carbocycles. The summed E-state index contributed by atoms with van der Waals surface area (Å²) in [5, 5.41) is 0. The smallest absolute Gasteiger partial charge is 0.311 e. The zero-order valence-electron chi connectivity index (χ0n) is 10.5. The first-order chi connectivity index (χ1) is 7.90. The highest BCUT2D eigenvalue weighted by Crippen LogP contribution is 2.29. The Labute approximate surface area is 110 Å². The van der Waals surface area contributed by atoms with Gasteiger partial charge in [0.05, 0.1) is 24.1 Å². The van der Waals surface area contributed by atoms with Gasteiger partial charge in [0.1, 0.15) is 5.75 Å². The van der Waals surface area contributed by atoms with Crippen molar-refractivity contribution in [1.29, 1.82) is 0 Å². The minimum absolute atomic E-state index is 0.204. The number of methoxy groups -OCH3 is 2. The van der Waals surface area contributed by atoms with Crippen molar-refractivity contribution in [2.24, 2.45) is 5.41 Å². The van der Waals surface area contributed by atoms with Crippen molar-refractivity contribution in [3.63, 3.8) is 0 Å². The van der Waals surface area contributed by atoms with Crippen LogP contribution >= 0.6 is 15.9 Å². The van der Waals surface area contributed by atoms with E-state index in [4.69, 9.17) is 9.47 Å². The standard InChI is InChI=1S/C13H17BrO3/c1-13(2,12(15)17-4)8-9-5-6-11(16-3)10(14)7-9/h5-7H,8H2,1-4H3. The third-order valence-corrected chi connectivity index (χ3v) is 3.22. The number of esters is 1. The average molecular weight is 301 g/mol. The molecule has 94 valence electrons. The van der Waals surface area contributed by atoms with E-state index >= 15 is 0 Å². The first-order valence-corrected chi connectivity index (χ1v) is 6.11. The maximum Gasteiger partial charge on any atom is 0.311 e. The van der Waals surface area contributed by atoms with Crippen molar-refractivity contribution in [2.45, 2.75) is 20.3 Å². The second kappa shape index (κ2) is 5.54. The largest absolute Gasteiger partial charge is 0.496 e. The summed E-state index contributed by atoms with van der Waals surface area (Å²) in [6.45, 7) is 3.74. The molecule has 0 N–H and O–H groups in total. The number of rotatable bonds is 4. The van der Waals surface area contributed by atoms with E-state index < -0.39 is 5.41 Å². The summed E-state index contributed by atoms with van der Waals surface area (Å²) in [5.74, 6) is 0.578. The molecule has 0 atom stereocenters. The Morgan fingerprint density at radius 2 is 2.00 bits per heavy atom. The number of benzene rings is 1. The minimum Gasteiger partial charge on any atom is -0.496 e. The summed E-state index contributed by atoms with van der Waals surface area (Å²) in [6, 6.07) is 5.80. The molecule has 0 bridgehead atoms. The molecule has 0 fully saturated rings. The number of hydrogen-bond donors (Lipinski definition) is 0.